The average Bonchev–Trinajstić information content (AvgIpc) is 3.42. The van der Waals surface area contributed by atoms with E-state index in [9.17, 15) is 14.0 Å². The monoisotopic (exact) mass is 394 g/mol. The Bertz CT molecular complexity index is 1180. The summed E-state index contributed by atoms with van der Waals surface area (Å²) in [6.45, 7) is 0.310. The minimum absolute atomic E-state index is 0.0942. The van der Waals surface area contributed by atoms with Crippen molar-refractivity contribution < 1.29 is 18.1 Å². The predicted molar refractivity (Wildman–Crippen MR) is 100 cm³/mol. The van der Waals surface area contributed by atoms with Crippen LogP contribution in [0.3, 0.4) is 0 Å². The minimum atomic E-state index is -0.450. The fourth-order valence-corrected chi connectivity index (χ4v) is 2.67. The summed E-state index contributed by atoms with van der Waals surface area (Å²) in [5.74, 6) is -0.00270. The Labute approximate surface area is 163 Å². The molecule has 1 amide bonds. The molecular weight excluding hydrogens is 379 g/mol. The van der Waals surface area contributed by atoms with Gasteiger partial charge in [-0.25, -0.2) is 9.07 Å². The van der Waals surface area contributed by atoms with Gasteiger partial charge in [-0.2, -0.15) is 5.10 Å². The molecule has 0 atom stereocenters. The Balaban J connectivity index is 1.40. The van der Waals surface area contributed by atoms with E-state index in [1.165, 1.54) is 35.2 Å². The van der Waals surface area contributed by atoms with Crippen molar-refractivity contribution in [2.45, 2.75) is 6.54 Å². The molecule has 1 aromatic carbocycles. The van der Waals surface area contributed by atoms with E-state index in [0.717, 1.165) is 0 Å². The van der Waals surface area contributed by atoms with Gasteiger partial charge in [0.05, 0.1) is 18.5 Å². The van der Waals surface area contributed by atoms with E-state index in [1.807, 2.05) is 0 Å². The first-order valence-electron chi connectivity index (χ1n) is 8.73. The number of nitrogens with zero attached hydrogens (tertiary/aromatic N) is 3. The van der Waals surface area contributed by atoms with Crippen LogP contribution < -0.4 is 10.9 Å². The van der Waals surface area contributed by atoms with Gasteiger partial charge >= 0.3 is 0 Å². The first-order valence-corrected chi connectivity index (χ1v) is 8.73. The summed E-state index contributed by atoms with van der Waals surface area (Å²) in [5, 5.41) is 10.6. The number of halogens is 1. The van der Waals surface area contributed by atoms with E-state index in [-0.39, 0.29) is 30.2 Å². The van der Waals surface area contributed by atoms with Crippen LogP contribution in [-0.4, -0.2) is 27.4 Å². The Kier molecular flexibility index (Phi) is 5.02. The van der Waals surface area contributed by atoms with Crippen molar-refractivity contribution in [2.75, 3.05) is 6.54 Å². The molecule has 29 heavy (non-hydrogen) atoms. The summed E-state index contributed by atoms with van der Waals surface area (Å²) < 4.78 is 24.6. The van der Waals surface area contributed by atoms with Gasteiger partial charge in [-0.05, 0) is 42.5 Å². The number of amides is 1. The molecule has 1 N–H and O–H groups in total. The van der Waals surface area contributed by atoms with E-state index in [1.54, 1.807) is 30.3 Å². The quantitative estimate of drug-likeness (QED) is 0.539. The Morgan fingerprint density at radius 3 is 2.69 bits per heavy atom. The molecule has 3 heterocycles. The normalized spacial score (nSPS) is 10.8. The molecular formula is C20H15FN4O4. The molecule has 0 spiro atoms. The molecule has 4 aromatic rings. The molecule has 0 aliphatic heterocycles. The van der Waals surface area contributed by atoms with Crippen LogP contribution in [0.4, 0.5) is 4.39 Å². The van der Waals surface area contributed by atoms with Gasteiger partial charge in [0.2, 0.25) is 5.76 Å². The molecule has 0 aliphatic carbocycles. The Morgan fingerprint density at radius 1 is 1.10 bits per heavy atom. The molecule has 8 nitrogen and oxygen atoms in total. The highest BCUT2D eigenvalue weighted by Crippen LogP contribution is 2.20. The zero-order valence-corrected chi connectivity index (χ0v) is 15.0. The average molecular weight is 394 g/mol. The van der Waals surface area contributed by atoms with Gasteiger partial charge in [0.15, 0.2) is 11.5 Å². The zero-order valence-electron chi connectivity index (χ0n) is 15.0. The third-order valence-corrected chi connectivity index (χ3v) is 4.12. The van der Waals surface area contributed by atoms with Crippen molar-refractivity contribution in [1.29, 1.82) is 0 Å². The molecule has 0 saturated carbocycles. The molecule has 0 radical (unpaired) electrons. The van der Waals surface area contributed by atoms with Crippen LogP contribution in [0.2, 0.25) is 0 Å². The summed E-state index contributed by atoms with van der Waals surface area (Å²) in [7, 11) is 0. The summed E-state index contributed by atoms with van der Waals surface area (Å²) in [5.41, 5.74) is 0.983. The van der Waals surface area contributed by atoms with Crippen LogP contribution in [0.1, 0.15) is 10.5 Å². The second-order valence-electron chi connectivity index (χ2n) is 6.10. The molecule has 0 unspecified atom stereocenters. The number of hydrogen-bond donors (Lipinski definition) is 1. The third-order valence-electron chi connectivity index (χ3n) is 4.12. The van der Waals surface area contributed by atoms with Crippen LogP contribution in [0.5, 0.6) is 0 Å². The van der Waals surface area contributed by atoms with Crippen LogP contribution in [0.15, 0.2) is 74.6 Å². The molecule has 9 heteroatoms. The van der Waals surface area contributed by atoms with Gasteiger partial charge in [-0.15, -0.1) is 0 Å². The smallest absolute Gasteiger partial charge is 0.273 e. The van der Waals surface area contributed by atoms with E-state index >= 15 is 0 Å². The maximum atomic E-state index is 13.1. The maximum Gasteiger partial charge on any atom is 0.273 e. The van der Waals surface area contributed by atoms with E-state index in [2.05, 4.69) is 15.6 Å². The van der Waals surface area contributed by atoms with Crippen LogP contribution in [-0.2, 0) is 6.54 Å². The van der Waals surface area contributed by atoms with Crippen LogP contribution in [0, 0.1) is 5.82 Å². The highest BCUT2D eigenvalue weighted by Gasteiger charge is 2.15. The van der Waals surface area contributed by atoms with Crippen LogP contribution >= 0.6 is 0 Å². The van der Waals surface area contributed by atoms with Gasteiger partial charge in [0, 0.05) is 24.2 Å². The number of aromatic nitrogens is 3. The van der Waals surface area contributed by atoms with E-state index < -0.39 is 5.91 Å². The van der Waals surface area contributed by atoms with Crippen molar-refractivity contribution in [2.24, 2.45) is 0 Å². The number of nitrogens with one attached hydrogen (secondary N) is 1. The lowest BCUT2D eigenvalue weighted by atomic mass is 10.1. The van der Waals surface area contributed by atoms with Crippen LogP contribution in [0.25, 0.3) is 22.8 Å². The standard InChI is InChI=1S/C20H15FN4O4/c21-14-5-3-13(4-6-14)15-7-8-19(26)25(23-15)10-9-22-20(27)16-12-18(29-24-16)17-2-1-11-28-17/h1-8,11-12H,9-10H2,(H,22,27). The molecule has 0 fully saturated rings. The topological polar surface area (TPSA) is 103 Å². The molecule has 4 rings (SSSR count). The van der Waals surface area contributed by atoms with Crippen molar-refractivity contribution in [3.63, 3.8) is 0 Å². The van der Waals surface area contributed by atoms with Crippen molar-refractivity contribution in [1.82, 2.24) is 20.3 Å². The lowest BCUT2D eigenvalue weighted by Crippen LogP contribution is -2.32. The highest BCUT2D eigenvalue weighted by molar-refractivity contribution is 5.92. The lowest BCUT2D eigenvalue weighted by molar-refractivity contribution is 0.0942. The number of hydrogen-bond acceptors (Lipinski definition) is 6. The maximum absolute atomic E-state index is 13.1. The summed E-state index contributed by atoms with van der Waals surface area (Å²) in [6.07, 6.45) is 1.49. The van der Waals surface area contributed by atoms with Crippen molar-refractivity contribution in [3.8, 4) is 22.8 Å². The van der Waals surface area contributed by atoms with Gasteiger partial charge in [0.25, 0.3) is 11.5 Å². The van der Waals surface area contributed by atoms with Crippen molar-refractivity contribution >= 4 is 5.91 Å². The minimum Gasteiger partial charge on any atom is -0.461 e. The second kappa shape index (κ2) is 7.93. The number of carbonyl (C=O) groups excluding carboxylic acids is 1. The number of carbonyl (C=O) groups is 1. The second-order valence-corrected chi connectivity index (χ2v) is 6.10. The first kappa shape index (κ1) is 18.4. The number of rotatable bonds is 6. The molecule has 0 bridgehead atoms. The summed E-state index contributed by atoms with van der Waals surface area (Å²) >= 11 is 0. The lowest BCUT2D eigenvalue weighted by Gasteiger charge is -2.08. The Morgan fingerprint density at radius 2 is 1.93 bits per heavy atom. The molecule has 146 valence electrons. The van der Waals surface area contributed by atoms with Gasteiger partial charge in [-0.3, -0.25) is 9.59 Å². The fourth-order valence-electron chi connectivity index (χ4n) is 2.67. The largest absolute Gasteiger partial charge is 0.461 e. The van der Waals surface area contributed by atoms with Gasteiger partial charge < -0.3 is 14.3 Å². The summed E-state index contributed by atoms with van der Waals surface area (Å²) in [6, 6.07) is 13.6. The fraction of sp³-hybridized carbons (Fsp3) is 0.100. The molecule has 0 saturated heterocycles. The molecule has 3 aromatic heterocycles. The van der Waals surface area contributed by atoms with Gasteiger partial charge in [0.1, 0.15) is 5.82 Å². The summed E-state index contributed by atoms with van der Waals surface area (Å²) in [4.78, 5) is 24.2. The van der Waals surface area contributed by atoms with Crippen molar-refractivity contribution in [3.05, 3.63) is 82.7 Å². The zero-order chi connectivity index (χ0) is 20.2. The Hall–Kier alpha value is -4.01. The number of furan rings is 1. The SMILES string of the molecule is O=C(NCCn1nc(-c2ccc(F)cc2)ccc1=O)c1cc(-c2ccco2)on1. The van der Waals surface area contributed by atoms with E-state index in [4.69, 9.17) is 8.94 Å². The highest BCUT2D eigenvalue weighted by atomic mass is 19.1. The third kappa shape index (κ3) is 4.13. The molecule has 0 aliphatic rings. The van der Waals surface area contributed by atoms with Gasteiger partial charge in [-0.1, -0.05) is 5.16 Å². The van der Waals surface area contributed by atoms with E-state index in [0.29, 0.717) is 22.8 Å². The predicted octanol–water partition coefficient (Wildman–Crippen LogP) is 2.73. The first-order chi connectivity index (χ1) is 14.1. The number of benzene rings is 1.